The van der Waals surface area contributed by atoms with E-state index in [2.05, 4.69) is 15.5 Å². The molecule has 0 spiro atoms. The lowest BCUT2D eigenvalue weighted by Crippen LogP contribution is -2.59. The molecule has 1 fully saturated rings. The highest BCUT2D eigenvalue weighted by Gasteiger charge is 2.40. The minimum Gasteiger partial charge on any atom is -0.497 e. The van der Waals surface area contributed by atoms with Gasteiger partial charge in [0.25, 0.3) is 0 Å². The smallest absolute Gasteiger partial charge is 0.413 e. The number of carbonyl (C=O) groups excluding carboxylic acids is 1. The summed E-state index contributed by atoms with van der Waals surface area (Å²) in [7, 11) is 3.03. The van der Waals surface area contributed by atoms with Crippen LogP contribution >= 0.6 is 0 Å². The van der Waals surface area contributed by atoms with E-state index in [9.17, 15) is 14.7 Å². The van der Waals surface area contributed by atoms with Crippen LogP contribution in [0.2, 0.25) is 0 Å². The highest BCUT2D eigenvalue weighted by atomic mass is 16.6. The first-order valence-corrected chi connectivity index (χ1v) is 10.6. The molecule has 0 aliphatic carbocycles. The maximum absolute atomic E-state index is 12.3. The number of hydrogen-bond acceptors (Lipinski definition) is 6. The Morgan fingerprint density at radius 2 is 1.94 bits per heavy atom. The number of anilines is 1. The quantitative estimate of drug-likeness (QED) is 0.359. The predicted molar refractivity (Wildman–Crippen MR) is 125 cm³/mol. The van der Waals surface area contributed by atoms with Gasteiger partial charge in [0.15, 0.2) is 0 Å². The van der Waals surface area contributed by atoms with Gasteiger partial charge in [-0.15, -0.1) is 0 Å². The minimum atomic E-state index is -1.10. The fraction of sp³-hybridized carbons (Fsp3) is 0.417. The van der Waals surface area contributed by atoms with E-state index >= 15 is 0 Å². The number of ether oxygens (including phenoxy) is 1. The van der Waals surface area contributed by atoms with Crippen LogP contribution in [-0.2, 0) is 28.0 Å². The molecule has 2 heterocycles. The molecule has 2 atom stereocenters. The molecule has 0 saturated carbocycles. The van der Waals surface area contributed by atoms with Crippen molar-refractivity contribution in [2.75, 3.05) is 19.1 Å². The Bertz CT molecular complexity index is 1030. The third-order valence-corrected chi connectivity index (χ3v) is 5.60. The number of β-lactam (4-membered cyclic amide) rings is 1. The number of benzene rings is 1. The number of aromatic nitrogens is 1. The molecule has 2 aromatic rings. The van der Waals surface area contributed by atoms with Crippen molar-refractivity contribution in [3.8, 4) is 5.75 Å². The first-order valence-electron chi connectivity index (χ1n) is 10.6. The molecule has 9 nitrogen and oxygen atoms in total. The maximum Gasteiger partial charge on any atom is 0.413 e. The SMILES string of the molecule is CON=C[C@H]1NC(=O)[C@@H]1Cc1ccnc(N(Cc2ccc(OC)cc2)C(=O)O)c1C(C)(C)C. The van der Waals surface area contributed by atoms with Crippen molar-refractivity contribution in [1.82, 2.24) is 10.3 Å². The van der Waals surface area contributed by atoms with E-state index in [1.54, 1.807) is 31.7 Å². The number of methoxy groups -OCH3 is 1. The second-order valence-electron chi connectivity index (χ2n) is 8.92. The zero-order chi connectivity index (χ0) is 24.2. The largest absolute Gasteiger partial charge is 0.497 e. The Hall–Kier alpha value is -3.62. The summed E-state index contributed by atoms with van der Waals surface area (Å²) in [5.74, 6) is 0.667. The summed E-state index contributed by atoms with van der Waals surface area (Å²) in [6.07, 6.45) is 2.49. The average molecular weight is 455 g/mol. The Balaban J connectivity index is 1.98. The Labute approximate surface area is 193 Å². The van der Waals surface area contributed by atoms with E-state index in [4.69, 9.17) is 9.57 Å². The summed E-state index contributed by atoms with van der Waals surface area (Å²) < 4.78 is 5.19. The van der Waals surface area contributed by atoms with Crippen molar-refractivity contribution in [3.63, 3.8) is 0 Å². The molecule has 1 saturated heterocycles. The van der Waals surface area contributed by atoms with Gasteiger partial charge in [0.1, 0.15) is 18.7 Å². The lowest BCUT2D eigenvalue weighted by molar-refractivity contribution is -0.132. The van der Waals surface area contributed by atoms with E-state index in [0.29, 0.717) is 18.0 Å². The average Bonchev–Trinajstić information content (AvgIpc) is 2.77. The standard InChI is InChI=1S/C24H30N4O5/c1-24(2,3)20-16(12-18-19(13-26-33-5)27-22(18)29)10-11-25-21(20)28(23(30)31)14-15-6-8-17(32-4)9-7-15/h6-11,13,18-19H,12,14H2,1-5H3,(H,27,29)(H,30,31)/t18-,19-/m1/s1. The van der Waals surface area contributed by atoms with Crippen LogP contribution in [0, 0.1) is 5.92 Å². The van der Waals surface area contributed by atoms with Crippen molar-refractivity contribution in [3.05, 3.63) is 53.2 Å². The van der Waals surface area contributed by atoms with Gasteiger partial charge in [-0.3, -0.25) is 9.69 Å². The van der Waals surface area contributed by atoms with Crippen molar-refractivity contribution in [1.29, 1.82) is 0 Å². The van der Waals surface area contributed by atoms with Crippen LogP contribution in [0.15, 0.2) is 41.7 Å². The zero-order valence-corrected chi connectivity index (χ0v) is 19.5. The van der Waals surface area contributed by atoms with Crippen LogP contribution in [0.25, 0.3) is 0 Å². The molecule has 9 heteroatoms. The van der Waals surface area contributed by atoms with E-state index in [-0.39, 0.29) is 24.4 Å². The highest BCUT2D eigenvalue weighted by molar-refractivity contribution is 5.94. The van der Waals surface area contributed by atoms with Crippen LogP contribution in [-0.4, -0.2) is 48.6 Å². The Morgan fingerprint density at radius 1 is 1.24 bits per heavy atom. The van der Waals surface area contributed by atoms with E-state index < -0.39 is 11.5 Å². The molecule has 2 N–H and O–H groups in total. The second-order valence-corrected chi connectivity index (χ2v) is 8.92. The van der Waals surface area contributed by atoms with Crippen LogP contribution in [0.5, 0.6) is 5.75 Å². The fourth-order valence-electron chi connectivity index (χ4n) is 3.99. The van der Waals surface area contributed by atoms with Gasteiger partial charge in [0, 0.05) is 11.8 Å². The summed E-state index contributed by atoms with van der Waals surface area (Å²) in [4.78, 5) is 35.0. The van der Waals surface area contributed by atoms with Crippen molar-refractivity contribution < 1.29 is 24.3 Å². The van der Waals surface area contributed by atoms with Crippen molar-refractivity contribution in [2.24, 2.45) is 11.1 Å². The van der Waals surface area contributed by atoms with Gasteiger partial charge in [-0.05, 0) is 41.2 Å². The summed E-state index contributed by atoms with van der Waals surface area (Å²) in [5.41, 5.74) is 2.06. The Kier molecular flexibility index (Phi) is 7.20. The van der Waals surface area contributed by atoms with E-state index in [0.717, 1.165) is 16.7 Å². The number of oxime groups is 1. The minimum absolute atomic E-state index is 0.0749. The van der Waals surface area contributed by atoms with Gasteiger partial charge < -0.3 is 20.0 Å². The first kappa shape index (κ1) is 24.0. The summed E-state index contributed by atoms with van der Waals surface area (Å²) >= 11 is 0. The number of nitrogens with one attached hydrogen (secondary N) is 1. The normalized spacial score (nSPS) is 17.9. The number of pyridine rings is 1. The van der Waals surface area contributed by atoms with Gasteiger partial charge in [-0.2, -0.15) is 0 Å². The monoisotopic (exact) mass is 454 g/mol. The van der Waals surface area contributed by atoms with Crippen molar-refractivity contribution >= 4 is 24.0 Å². The van der Waals surface area contributed by atoms with Crippen LogP contribution in [0.1, 0.15) is 37.5 Å². The predicted octanol–water partition coefficient (Wildman–Crippen LogP) is 3.36. The molecule has 0 unspecified atom stereocenters. The molecular weight excluding hydrogens is 424 g/mol. The maximum atomic E-state index is 12.3. The number of amides is 2. The summed E-state index contributed by atoms with van der Waals surface area (Å²) in [6.45, 7) is 6.16. The molecule has 0 radical (unpaired) electrons. The summed E-state index contributed by atoms with van der Waals surface area (Å²) in [6, 6.07) is 8.85. The van der Waals surface area contributed by atoms with E-state index in [1.807, 2.05) is 39.0 Å². The van der Waals surface area contributed by atoms with Gasteiger partial charge in [-0.1, -0.05) is 38.1 Å². The Morgan fingerprint density at radius 3 is 2.48 bits per heavy atom. The molecule has 3 rings (SSSR count). The van der Waals surface area contributed by atoms with Crippen molar-refractivity contribution in [2.45, 2.75) is 45.2 Å². The molecule has 1 aromatic heterocycles. The molecular formula is C24H30N4O5. The highest BCUT2D eigenvalue weighted by Crippen LogP contribution is 2.36. The van der Waals surface area contributed by atoms with Gasteiger partial charge in [0.2, 0.25) is 5.91 Å². The third kappa shape index (κ3) is 5.42. The van der Waals surface area contributed by atoms with E-state index in [1.165, 1.54) is 12.0 Å². The molecule has 33 heavy (non-hydrogen) atoms. The fourth-order valence-corrected chi connectivity index (χ4v) is 3.99. The zero-order valence-electron chi connectivity index (χ0n) is 19.5. The lowest BCUT2D eigenvalue weighted by atomic mass is 9.78. The van der Waals surface area contributed by atoms with Crippen LogP contribution < -0.4 is 15.0 Å². The number of nitrogens with zero attached hydrogens (tertiary/aromatic N) is 3. The lowest BCUT2D eigenvalue weighted by Gasteiger charge is -2.36. The molecule has 1 aromatic carbocycles. The number of rotatable bonds is 8. The molecule has 0 bridgehead atoms. The summed E-state index contributed by atoms with van der Waals surface area (Å²) in [5, 5.41) is 16.6. The molecule has 1 aliphatic rings. The number of carboxylic acid groups (broad SMARTS) is 1. The van der Waals surface area contributed by atoms with Crippen LogP contribution in [0.4, 0.5) is 10.6 Å². The number of hydrogen-bond donors (Lipinski definition) is 2. The first-order chi connectivity index (χ1) is 15.7. The topological polar surface area (TPSA) is 113 Å². The molecule has 176 valence electrons. The van der Waals surface area contributed by atoms with Gasteiger partial charge >= 0.3 is 6.09 Å². The van der Waals surface area contributed by atoms with Gasteiger partial charge in [-0.25, -0.2) is 9.78 Å². The molecule has 2 amide bonds. The molecule has 1 aliphatic heterocycles. The second kappa shape index (κ2) is 9.89. The van der Waals surface area contributed by atoms with Gasteiger partial charge in [0.05, 0.1) is 31.8 Å². The van der Waals surface area contributed by atoms with Crippen LogP contribution in [0.3, 0.4) is 0 Å². The number of carbonyl (C=O) groups is 2. The third-order valence-electron chi connectivity index (χ3n) is 5.60.